The second-order valence-electron chi connectivity index (χ2n) is 6.04. The highest BCUT2D eigenvalue weighted by Crippen LogP contribution is 2.18. The monoisotopic (exact) mass is 380 g/mol. The summed E-state index contributed by atoms with van der Waals surface area (Å²) in [5.41, 5.74) is 0.735. The standard InChI is InChI=1S/C19H26F2N4S/c1-4-15-12-24-18(26-15)8-9-23-19(22-5-2)25-11-13(3)14-6-7-16(20)17(21)10-14/h6-7,10,12-13H,4-5,8-9,11H2,1-3H3,(H2,22,23,25). The molecule has 1 aromatic heterocycles. The predicted molar refractivity (Wildman–Crippen MR) is 104 cm³/mol. The smallest absolute Gasteiger partial charge is 0.191 e. The summed E-state index contributed by atoms with van der Waals surface area (Å²) in [5, 5.41) is 7.61. The van der Waals surface area contributed by atoms with Gasteiger partial charge in [-0.05, 0) is 31.0 Å². The van der Waals surface area contributed by atoms with Gasteiger partial charge in [-0.3, -0.25) is 4.99 Å². The minimum absolute atomic E-state index is 0.00775. The zero-order chi connectivity index (χ0) is 18.9. The first kappa shape index (κ1) is 20.3. The van der Waals surface area contributed by atoms with Gasteiger partial charge >= 0.3 is 0 Å². The van der Waals surface area contributed by atoms with E-state index in [9.17, 15) is 8.78 Å². The third-order valence-corrected chi connectivity index (χ3v) is 5.16. The summed E-state index contributed by atoms with van der Waals surface area (Å²) in [6.45, 7) is 8.05. The van der Waals surface area contributed by atoms with Crippen molar-refractivity contribution in [3.8, 4) is 0 Å². The Balaban J connectivity index is 1.89. The Labute approximate surface area is 157 Å². The number of hydrogen-bond donors (Lipinski definition) is 2. The molecule has 1 atom stereocenters. The maximum Gasteiger partial charge on any atom is 0.191 e. The summed E-state index contributed by atoms with van der Waals surface area (Å²) in [6, 6.07) is 4.00. The summed E-state index contributed by atoms with van der Waals surface area (Å²) < 4.78 is 26.4. The quantitative estimate of drug-likeness (QED) is 0.540. The van der Waals surface area contributed by atoms with Crippen LogP contribution in [0.3, 0.4) is 0 Å². The number of nitrogens with one attached hydrogen (secondary N) is 2. The fourth-order valence-corrected chi connectivity index (χ4v) is 3.27. The lowest BCUT2D eigenvalue weighted by molar-refractivity contribution is 0.505. The molecule has 26 heavy (non-hydrogen) atoms. The van der Waals surface area contributed by atoms with E-state index in [4.69, 9.17) is 0 Å². The highest BCUT2D eigenvalue weighted by Gasteiger charge is 2.09. The molecule has 2 N–H and O–H groups in total. The molecule has 0 spiro atoms. The van der Waals surface area contributed by atoms with E-state index in [1.165, 1.54) is 10.9 Å². The zero-order valence-corrected chi connectivity index (χ0v) is 16.3. The van der Waals surface area contributed by atoms with Gasteiger partial charge in [0.2, 0.25) is 0 Å². The van der Waals surface area contributed by atoms with Crippen molar-refractivity contribution in [2.24, 2.45) is 4.99 Å². The molecule has 2 rings (SSSR count). The van der Waals surface area contributed by atoms with Crippen LogP contribution in [0, 0.1) is 11.6 Å². The van der Waals surface area contributed by atoms with Crippen LogP contribution >= 0.6 is 11.3 Å². The molecule has 1 aromatic carbocycles. The first-order valence-corrected chi connectivity index (χ1v) is 9.75. The molecule has 142 valence electrons. The maximum atomic E-state index is 13.4. The van der Waals surface area contributed by atoms with Crippen LogP contribution < -0.4 is 10.6 Å². The Kier molecular flexibility index (Phi) is 7.97. The van der Waals surface area contributed by atoms with Crippen LogP contribution in [0.15, 0.2) is 29.4 Å². The van der Waals surface area contributed by atoms with E-state index in [0.29, 0.717) is 12.5 Å². The van der Waals surface area contributed by atoms with Gasteiger partial charge in [-0.25, -0.2) is 13.8 Å². The lowest BCUT2D eigenvalue weighted by Crippen LogP contribution is -2.38. The molecule has 1 unspecified atom stereocenters. The second kappa shape index (κ2) is 10.2. The molecule has 0 bridgehead atoms. The summed E-state index contributed by atoms with van der Waals surface area (Å²) in [4.78, 5) is 10.3. The Hall–Kier alpha value is -2.02. The molecule has 4 nitrogen and oxygen atoms in total. The molecule has 1 heterocycles. The first-order valence-electron chi connectivity index (χ1n) is 8.94. The fraction of sp³-hybridized carbons (Fsp3) is 0.474. The molecular weight excluding hydrogens is 354 g/mol. The van der Waals surface area contributed by atoms with Crippen LogP contribution in [0.25, 0.3) is 0 Å². The van der Waals surface area contributed by atoms with Gasteiger partial charge in [-0.15, -0.1) is 11.3 Å². The predicted octanol–water partition coefficient (Wildman–Crippen LogP) is 3.89. The van der Waals surface area contributed by atoms with E-state index >= 15 is 0 Å². The molecule has 0 amide bonds. The number of halogens is 2. The molecule has 0 radical (unpaired) electrons. The molecule has 0 saturated carbocycles. The Morgan fingerprint density at radius 2 is 2.04 bits per heavy atom. The largest absolute Gasteiger partial charge is 0.357 e. The van der Waals surface area contributed by atoms with Crippen molar-refractivity contribution in [3.63, 3.8) is 0 Å². The number of aryl methyl sites for hydroxylation is 1. The highest BCUT2D eigenvalue weighted by molar-refractivity contribution is 7.11. The van der Waals surface area contributed by atoms with Crippen molar-refractivity contribution in [2.75, 3.05) is 19.6 Å². The van der Waals surface area contributed by atoms with Crippen LogP contribution in [0.4, 0.5) is 8.78 Å². The number of benzene rings is 1. The second-order valence-corrected chi connectivity index (χ2v) is 7.24. The Morgan fingerprint density at radius 3 is 2.69 bits per heavy atom. The zero-order valence-electron chi connectivity index (χ0n) is 15.5. The SMILES string of the molecule is CCNC(=NCC(C)c1ccc(F)c(F)c1)NCCc1ncc(CC)s1. The number of guanidine groups is 1. The minimum Gasteiger partial charge on any atom is -0.357 e. The molecule has 0 aliphatic heterocycles. The number of rotatable bonds is 8. The van der Waals surface area contributed by atoms with E-state index < -0.39 is 11.6 Å². The highest BCUT2D eigenvalue weighted by atomic mass is 32.1. The summed E-state index contributed by atoms with van der Waals surface area (Å²) in [6.07, 6.45) is 3.79. The summed E-state index contributed by atoms with van der Waals surface area (Å²) in [7, 11) is 0. The maximum absolute atomic E-state index is 13.4. The number of aliphatic imine (C=N–C) groups is 1. The van der Waals surface area contributed by atoms with Gasteiger partial charge in [0.05, 0.1) is 5.01 Å². The number of aromatic nitrogens is 1. The van der Waals surface area contributed by atoms with E-state index in [-0.39, 0.29) is 5.92 Å². The molecular formula is C19H26F2N4S. The van der Waals surface area contributed by atoms with Crippen molar-refractivity contribution in [1.29, 1.82) is 0 Å². The molecule has 0 fully saturated rings. The van der Waals surface area contributed by atoms with Gasteiger partial charge in [-0.1, -0.05) is 19.9 Å². The lowest BCUT2D eigenvalue weighted by atomic mass is 10.0. The molecule has 0 aliphatic rings. The third kappa shape index (κ3) is 6.05. The van der Waals surface area contributed by atoms with E-state index in [0.717, 1.165) is 42.6 Å². The molecule has 7 heteroatoms. The molecule has 0 saturated heterocycles. The van der Waals surface area contributed by atoms with E-state index in [1.54, 1.807) is 17.4 Å². The van der Waals surface area contributed by atoms with E-state index in [2.05, 4.69) is 27.5 Å². The third-order valence-electron chi connectivity index (χ3n) is 3.96. The van der Waals surface area contributed by atoms with Gasteiger partial charge in [-0.2, -0.15) is 0 Å². The Bertz CT molecular complexity index is 730. The van der Waals surface area contributed by atoms with Gasteiger partial charge < -0.3 is 10.6 Å². The normalized spacial score (nSPS) is 12.9. The van der Waals surface area contributed by atoms with Crippen molar-refractivity contribution in [3.05, 3.63) is 51.5 Å². The van der Waals surface area contributed by atoms with Crippen molar-refractivity contribution < 1.29 is 8.78 Å². The Morgan fingerprint density at radius 1 is 1.23 bits per heavy atom. The van der Waals surface area contributed by atoms with Gasteiger partial charge in [0.15, 0.2) is 17.6 Å². The average molecular weight is 381 g/mol. The average Bonchev–Trinajstić information content (AvgIpc) is 3.09. The van der Waals surface area contributed by atoms with E-state index in [1.807, 2.05) is 20.0 Å². The lowest BCUT2D eigenvalue weighted by Gasteiger charge is -2.13. The van der Waals surface area contributed by atoms with Gasteiger partial charge in [0.25, 0.3) is 0 Å². The fourth-order valence-electron chi connectivity index (χ4n) is 2.41. The number of nitrogens with zero attached hydrogens (tertiary/aromatic N) is 2. The van der Waals surface area contributed by atoms with Crippen LogP contribution in [0.1, 0.15) is 42.1 Å². The van der Waals surface area contributed by atoms with Crippen LogP contribution in [0.5, 0.6) is 0 Å². The summed E-state index contributed by atoms with van der Waals surface area (Å²) >= 11 is 1.74. The van der Waals surface area contributed by atoms with Crippen molar-refractivity contribution >= 4 is 17.3 Å². The van der Waals surface area contributed by atoms with Crippen LogP contribution in [0.2, 0.25) is 0 Å². The molecule has 2 aromatic rings. The number of hydrogen-bond acceptors (Lipinski definition) is 3. The minimum atomic E-state index is -0.826. The van der Waals surface area contributed by atoms with Crippen LogP contribution in [-0.2, 0) is 12.8 Å². The summed E-state index contributed by atoms with van der Waals surface area (Å²) in [5.74, 6) is -0.938. The molecule has 0 aliphatic carbocycles. The topological polar surface area (TPSA) is 49.3 Å². The van der Waals surface area contributed by atoms with Crippen molar-refractivity contribution in [2.45, 2.75) is 39.5 Å². The van der Waals surface area contributed by atoms with Gasteiger partial charge in [0.1, 0.15) is 0 Å². The first-order chi connectivity index (χ1) is 12.5. The van der Waals surface area contributed by atoms with Crippen molar-refractivity contribution in [1.82, 2.24) is 15.6 Å². The number of thiazole rings is 1. The van der Waals surface area contributed by atoms with Gasteiger partial charge in [0, 0.05) is 43.0 Å². The van der Waals surface area contributed by atoms with Crippen LogP contribution in [-0.4, -0.2) is 30.6 Å².